The van der Waals surface area contributed by atoms with Crippen LogP contribution >= 0.6 is 0 Å². The molecular weight excluding hydrogens is 364 g/mol. The van der Waals surface area contributed by atoms with Gasteiger partial charge in [0.1, 0.15) is 5.75 Å². The molecule has 2 aromatic carbocycles. The summed E-state index contributed by atoms with van der Waals surface area (Å²) in [4.78, 5) is 16.0. The fourth-order valence-electron chi connectivity index (χ4n) is 3.74. The van der Waals surface area contributed by atoms with E-state index >= 15 is 0 Å². The van der Waals surface area contributed by atoms with E-state index < -0.39 is 0 Å². The van der Waals surface area contributed by atoms with E-state index in [1.165, 1.54) is 21.7 Å². The van der Waals surface area contributed by atoms with Gasteiger partial charge in [-0.3, -0.25) is 0 Å². The minimum absolute atomic E-state index is 0.143. The number of hydrogen-bond acceptors (Lipinski definition) is 3. The van der Waals surface area contributed by atoms with Crippen molar-refractivity contribution < 1.29 is 14.4 Å². The Morgan fingerprint density at radius 1 is 1.10 bits per heavy atom. The molecule has 6 heteroatoms. The van der Waals surface area contributed by atoms with Crippen molar-refractivity contribution in [3.63, 3.8) is 0 Å². The maximum atomic E-state index is 12.0. The Hall–Kier alpha value is -2.73. The topological polar surface area (TPSA) is 58.0 Å². The molecule has 2 aromatic rings. The summed E-state index contributed by atoms with van der Waals surface area (Å²) in [6.07, 6.45) is 0. The predicted molar refractivity (Wildman–Crippen MR) is 118 cm³/mol. The van der Waals surface area contributed by atoms with Crippen LogP contribution in [0, 0.1) is 13.8 Å². The molecule has 1 saturated heterocycles. The SMILES string of the molecule is CCOc1cccc(N2CC[NH+](CCNC(=O)Nc3ccc(C)cc3)CC2)c1C. The number of rotatable bonds is 7. The van der Waals surface area contributed by atoms with Crippen LogP contribution in [-0.4, -0.2) is 51.9 Å². The van der Waals surface area contributed by atoms with E-state index in [1.807, 2.05) is 44.2 Å². The van der Waals surface area contributed by atoms with Gasteiger partial charge in [-0.15, -0.1) is 0 Å². The average Bonchev–Trinajstić information content (AvgIpc) is 2.72. The number of urea groups is 1. The van der Waals surface area contributed by atoms with E-state index in [1.54, 1.807) is 0 Å². The van der Waals surface area contributed by atoms with Crippen molar-refractivity contribution in [1.29, 1.82) is 0 Å². The van der Waals surface area contributed by atoms with Crippen LogP contribution in [0.2, 0.25) is 0 Å². The van der Waals surface area contributed by atoms with Crippen molar-refractivity contribution in [2.45, 2.75) is 20.8 Å². The summed E-state index contributed by atoms with van der Waals surface area (Å²) in [5.41, 5.74) is 4.48. The first kappa shape index (κ1) is 21.0. The summed E-state index contributed by atoms with van der Waals surface area (Å²) < 4.78 is 5.74. The molecule has 1 aliphatic rings. The van der Waals surface area contributed by atoms with Crippen LogP contribution < -0.4 is 25.2 Å². The van der Waals surface area contributed by atoms with Gasteiger partial charge in [0.15, 0.2) is 0 Å². The molecule has 2 amide bonds. The van der Waals surface area contributed by atoms with E-state index in [-0.39, 0.29) is 6.03 Å². The number of carbonyl (C=O) groups is 1. The van der Waals surface area contributed by atoms with Gasteiger partial charge in [-0.2, -0.15) is 0 Å². The highest BCUT2D eigenvalue weighted by atomic mass is 16.5. The first-order valence-electron chi connectivity index (χ1n) is 10.5. The van der Waals surface area contributed by atoms with Gasteiger partial charge in [-0.1, -0.05) is 23.8 Å². The van der Waals surface area contributed by atoms with Crippen molar-refractivity contribution in [3.8, 4) is 5.75 Å². The smallest absolute Gasteiger partial charge is 0.319 e. The summed E-state index contributed by atoms with van der Waals surface area (Å²) in [5.74, 6) is 0.976. The molecule has 1 fully saturated rings. The molecule has 0 unspecified atom stereocenters. The Morgan fingerprint density at radius 2 is 1.83 bits per heavy atom. The molecule has 6 nitrogen and oxygen atoms in total. The lowest BCUT2D eigenvalue weighted by atomic mass is 10.1. The number of piperazine rings is 1. The number of carbonyl (C=O) groups excluding carboxylic acids is 1. The van der Waals surface area contributed by atoms with Crippen LogP contribution in [-0.2, 0) is 0 Å². The standard InChI is InChI=1S/C23H32N4O2/c1-4-29-22-7-5-6-21(19(22)3)27-16-14-26(15-17-27)13-12-24-23(28)25-20-10-8-18(2)9-11-20/h5-11H,4,12-17H2,1-3H3,(H2,24,25,28)/p+1. The van der Waals surface area contributed by atoms with Gasteiger partial charge in [-0.05, 0) is 45.0 Å². The summed E-state index contributed by atoms with van der Waals surface area (Å²) in [6, 6.07) is 14.0. The second-order valence-electron chi connectivity index (χ2n) is 7.57. The lowest BCUT2D eigenvalue weighted by molar-refractivity contribution is -0.899. The zero-order chi connectivity index (χ0) is 20.6. The molecule has 0 saturated carbocycles. The zero-order valence-corrected chi connectivity index (χ0v) is 17.8. The molecule has 0 bridgehead atoms. The third-order valence-corrected chi connectivity index (χ3v) is 5.44. The minimum Gasteiger partial charge on any atom is -0.494 e. The fourth-order valence-corrected chi connectivity index (χ4v) is 3.74. The second-order valence-corrected chi connectivity index (χ2v) is 7.57. The normalized spacial score (nSPS) is 14.5. The van der Waals surface area contributed by atoms with Gasteiger partial charge in [0, 0.05) is 16.9 Å². The van der Waals surface area contributed by atoms with Crippen LogP contribution in [0.1, 0.15) is 18.1 Å². The van der Waals surface area contributed by atoms with Gasteiger partial charge in [0.2, 0.25) is 0 Å². The van der Waals surface area contributed by atoms with Crippen LogP contribution in [0.15, 0.2) is 42.5 Å². The number of ether oxygens (including phenoxy) is 1. The average molecular weight is 398 g/mol. The highest BCUT2D eigenvalue weighted by molar-refractivity contribution is 5.89. The molecule has 0 spiro atoms. The molecule has 29 heavy (non-hydrogen) atoms. The number of nitrogens with zero attached hydrogens (tertiary/aromatic N) is 1. The Balaban J connectivity index is 1.40. The maximum absolute atomic E-state index is 12.0. The minimum atomic E-state index is -0.143. The van der Waals surface area contributed by atoms with Crippen molar-refractivity contribution in [3.05, 3.63) is 53.6 Å². The van der Waals surface area contributed by atoms with Crippen molar-refractivity contribution in [2.24, 2.45) is 0 Å². The number of hydrogen-bond donors (Lipinski definition) is 3. The molecule has 156 valence electrons. The third kappa shape index (κ3) is 5.87. The zero-order valence-electron chi connectivity index (χ0n) is 17.8. The Labute approximate surface area is 173 Å². The molecule has 1 heterocycles. The molecule has 0 atom stereocenters. The monoisotopic (exact) mass is 397 g/mol. The fraction of sp³-hybridized carbons (Fsp3) is 0.435. The van der Waals surface area contributed by atoms with Crippen molar-refractivity contribution in [2.75, 3.05) is 56.1 Å². The van der Waals surface area contributed by atoms with Crippen LogP contribution in [0.4, 0.5) is 16.2 Å². The lowest BCUT2D eigenvalue weighted by Gasteiger charge is -2.34. The molecule has 3 rings (SSSR count). The van der Waals surface area contributed by atoms with Crippen LogP contribution in [0.3, 0.4) is 0 Å². The number of anilines is 2. The summed E-state index contributed by atoms with van der Waals surface area (Å²) in [7, 11) is 0. The Bertz CT molecular complexity index is 799. The molecule has 0 aliphatic carbocycles. The van der Waals surface area contributed by atoms with Crippen molar-refractivity contribution in [1.82, 2.24) is 5.32 Å². The number of quaternary nitrogens is 1. The first-order chi connectivity index (χ1) is 14.1. The maximum Gasteiger partial charge on any atom is 0.319 e. The first-order valence-corrected chi connectivity index (χ1v) is 10.5. The summed E-state index contributed by atoms with van der Waals surface area (Å²) in [5, 5.41) is 5.84. The van der Waals surface area contributed by atoms with E-state index in [9.17, 15) is 4.79 Å². The molecule has 1 aliphatic heterocycles. The van der Waals surface area contributed by atoms with Gasteiger partial charge in [-0.25, -0.2) is 4.79 Å². The predicted octanol–water partition coefficient (Wildman–Crippen LogP) is 2.23. The Kier molecular flexibility index (Phi) is 7.36. The van der Waals surface area contributed by atoms with Gasteiger partial charge < -0.3 is 25.2 Å². The highest BCUT2D eigenvalue weighted by Gasteiger charge is 2.21. The quantitative estimate of drug-likeness (QED) is 0.672. The van der Waals surface area contributed by atoms with E-state index in [0.717, 1.165) is 44.2 Å². The number of aryl methyl sites for hydroxylation is 1. The Morgan fingerprint density at radius 3 is 2.52 bits per heavy atom. The lowest BCUT2D eigenvalue weighted by Crippen LogP contribution is -3.15. The van der Waals surface area contributed by atoms with Crippen LogP contribution in [0.25, 0.3) is 0 Å². The third-order valence-electron chi connectivity index (χ3n) is 5.44. The molecule has 0 aromatic heterocycles. The van der Waals surface area contributed by atoms with Crippen molar-refractivity contribution >= 4 is 17.4 Å². The second kappa shape index (κ2) is 10.2. The van der Waals surface area contributed by atoms with E-state index in [0.29, 0.717) is 13.2 Å². The summed E-state index contributed by atoms with van der Waals surface area (Å²) in [6.45, 7) is 12.6. The number of amides is 2. The van der Waals surface area contributed by atoms with Gasteiger partial charge in [0.25, 0.3) is 0 Å². The van der Waals surface area contributed by atoms with E-state index in [2.05, 4.69) is 34.6 Å². The largest absolute Gasteiger partial charge is 0.494 e. The van der Waals surface area contributed by atoms with Gasteiger partial charge >= 0.3 is 6.03 Å². The van der Waals surface area contributed by atoms with Crippen LogP contribution in [0.5, 0.6) is 5.75 Å². The molecule has 3 N–H and O–H groups in total. The molecule has 0 radical (unpaired) electrons. The number of nitrogens with one attached hydrogen (secondary N) is 3. The number of benzene rings is 2. The van der Waals surface area contributed by atoms with E-state index in [4.69, 9.17) is 4.74 Å². The molecular formula is C23H33N4O2+. The highest BCUT2D eigenvalue weighted by Crippen LogP contribution is 2.28. The summed E-state index contributed by atoms with van der Waals surface area (Å²) >= 11 is 0. The van der Waals surface area contributed by atoms with Gasteiger partial charge in [0.05, 0.1) is 45.9 Å².